The molecule has 17 heavy (non-hydrogen) atoms. The summed E-state index contributed by atoms with van der Waals surface area (Å²) in [5.74, 6) is 0. The van der Waals surface area contributed by atoms with E-state index in [1.54, 1.807) is 27.0 Å². The molecule has 0 amide bonds. The van der Waals surface area contributed by atoms with E-state index in [0.717, 1.165) is 9.75 Å². The summed E-state index contributed by atoms with van der Waals surface area (Å²) in [7, 11) is -1.92. The van der Waals surface area contributed by atoms with Crippen molar-refractivity contribution in [3.8, 4) is 0 Å². The van der Waals surface area contributed by atoms with E-state index < -0.39 is 10.0 Å². The Kier molecular flexibility index (Phi) is 5.08. The van der Waals surface area contributed by atoms with E-state index in [1.165, 1.54) is 11.3 Å². The van der Waals surface area contributed by atoms with Crippen molar-refractivity contribution in [1.82, 2.24) is 4.72 Å². The lowest BCUT2D eigenvalue weighted by Gasteiger charge is -2.10. The highest BCUT2D eigenvalue weighted by molar-refractivity contribution is 7.89. The SMILES string of the molecule is COC(C)CNS(=O)(=O)c1cc(CN)sc1C. The van der Waals surface area contributed by atoms with Crippen molar-refractivity contribution >= 4 is 21.4 Å². The molecule has 7 heteroatoms. The standard InChI is InChI=1S/C10H18N2O3S2/c1-7(15-3)6-12-17(13,14)10-4-9(5-11)16-8(10)2/h4,7,12H,5-6,11H2,1-3H3. The van der Waals surface area contributed by atoms with Gasteiger partial charge in [-0.05, 0) is 19.9 Å². The van der Waals surface area contributed by atoms with E-state index in [2.05, 4.69) is 4.72 Å². The van der Waals surface area contributed by atoms with Gasteiger partial charge in [-0.15, -0.1) is 11.3 Å². The molecule has 0 aromatic carbocycles. The van der Waals surface area contributed by atoms with Crippen molar-refractivity contribution < 1.29 is 13.2 Å². The summed E-state index contributed by atoms with van der Waals surface area (Å²) in [5.41, 5.74) is 5.49. The predicted octanol–water partition coefficient (Wildman–Crippen LogP) is 0.828. The molecule has 1 heterocycles. The Morgan fingerprint density at radius 2 is 2.24 bits per heavy atom. The first kappa shape index (κ1) is 14.6. The van der Waals surface area contributed by atoms with Crippen molar-refractivity contribution in [1.29, 1.82) is 0 Å². The molecule has 1 unspecified atom stereocenters. The van der Waals surface area contributed by atoms with Gasteiger partial charge in [0.25, 0.3) is 0 Å². The highest BCUT2D eigenvalue weighted by Gasteiger charge is 2.20. The smallest absolute Gasteiger partial charge is 0.241 e. The third kappa shape index (κ3) is 3.75. The van der Waals surface area contributed by atoms with Crippen LogP contribution in [0.5, 0.6) is 0 Å². The zero-order chi connectivity index (χ0) is 13.1. The molecule has 1 rings (SSSR count). The molecule has 0 radical (unpaired) electrons. The van der Waals surface area contributed by atoms with Gasteiger partial charge in [0.1, 0.15) is 0 Å². The Labute approximate surface area is 106 Å². The maximum atomic E-state index is 12.0. The van der Waals surface area contributed by atoms with Crippen molar-refractivity contribution in [3.05, 3.63) is 15.8 Å². The van der Waals surface area contributed by atoms with Gasteiger partial charge in [0.2, 0.25) is 10.0 Å². The molecule has 0 spiro atoms. The van der Waals surface area contributed by atoms with Crippen LogP contribution in [0.2, 0.25) is 0 Å². The van der Waals surface area contributed by atoms with Crippen LogP contribution >= 0.6 is 11.3 Å². The largest absolute Gasteiger partial charge is 0.380 e. The Balaban J connectivity index is 2.85. The third-order valence-corrected chi connectivity index (χ3v) is 5.13. The summed E-state index contributed by atoms with van der Waals surface area (Å²) in [4.78, 5) is 1.93. The number of ether oxygens (including phenoxy) is 1. The summed E-state index contributed by atoms with van der Waals surface area (Å²) in [6, 6.07) is 1.62. The van der Waals surface area contributed by atoms with Crippen LogP contribution in [-0.2, 0) is 21.3 Å². The molecule has 1 atom stereocenters. The molecule has 1 aromatic heterocycles. The first-order valence-electron chi connectivity index (χ1n) is 5.22. The summed E-state index contributed by atoms with van der Waals surface area (Å²) in [5, 5.41) is 0. The van der Waals surface area contributed by atoms with E-state index in [1.807, 2.05) is 0 Å². The number of methoxy groups -OCH3 is 1. The lowest BCUT2D eigenvalue weighted by molar-refractivity contribution is 0.122. The fourth-order valence-electron chi connectivity index (χ4n) is 1.28. The zero-order valence-electron chi connectivity index (χ0n) is 10.2. The number of hydrogen-bond acceptors (Lipinski definition) is 5. The van der Waals surface area contributed by atoms with Crippen LogP contribution in [0, 0.1) is 6.92 Å². The van der Waals surface area contributed by atoms with E-state index in [9.17, 15) is 8.42 Å². The molecule has 0 bridgehead atoms. The minimum absolute atomic E-state index is 0.155. The van der Waals surface area contributed by atoms with Crippen molar-refractivity contribution in [2.45, 2.75) is 31.4 Å². The van der Waals surface area contributed by atoms with Crippen molar-refractivity contribution in [3.63, 3.8) is 0 Å². The van der Waals surface area contributed by atoms with Gasteiger partial charge < -0.3 is 10.5 Å². The minimum Gasteiger partial charge on any atom is -0.380 e. The van der Waals surface area contributed by atoms with Gasteiger partial charge in [-0.3, -0.25) is 0 Å². The second-order valence-electron chi connectivity index (χ2n) is 3.74. The van der Waals surface area contributed by atoms with E-state index in [0.29, 0.717) is 11.4 Å². The Bertz CT molecular complexity index is 468. The fraction of sp³-hybridized carbons (Fsp3) is 0.600. The van der Waals surface area contributed by atoms with E-state index >= 15 is 0 Å². The molecule has 0 aliphatic carbocycles. The second-order valence-corrected chi connectivity index (χ2v) is 6.81. The predicted molar refractivity (Wildman–Crippen MR) is 68.6 cm³/mol. The van der Waals surface area contributed by atoms with Crippen LogP contribution in [0.3, 0.4) is 0 Å². The number of nitrogens with two attached hydrogens (primary N) is 1. The first-order valence-corrected chi connectivity index (χ1v) is 7.52. The third-order valence-electron chi connectivity index (χ3n) is 2.38. The second kappa shape index (κ2) is 5.92. The number of thiophene rings is 1. The molecular weight excluding hydrogens is 260 g/mol. The number of aryl methyl sites for hydroxylation is 1. The van der Waals surface area contributed by atoms with Gasteiger partial charge in [-0.1, -0.05) is 0 Å². The average molecular weight is 278 g/mol. The van der Waals surface area contributed by atoms with E-state index in [-0.39, 0.29) is 12.6 Å². The van der Waals surface area contributed by atoms with Gasteiger partial charge in [-0.2, -0.15) is 0 Å². The van der Waals surface area contributed by atoms with Gasteiger partial charge >= 0.3 is 0 Å². The minimum atomic E-state index is -3.46. The monoisotopic (exact) mass is 278 g/mol. The Morgan fingerprint density at radius 1 is 1.59 bits per heavy atom. The van der Waals surface area contributed by atoms with Crippen LogP contribution in [0.15, 0.2) is 11.0 Å². The summed E-state index contributed by atoms with van der Waals surface area (Å²) in [6.07, 6.45) is -0.155. The van der Waals surface area contributed by atoms with Gasteiger partial charge in [0, 0.05) is 30.0 Å². The van der Waals surface area contributed by atoms with Crippen LogP contribution in [0.1, 0.15) is 16.7 Å². The van der Waals surface area contributed by atoms with Gasteiger partial charge in [0.15, 0.2) is 0 Å². The Morgan fingerprint density at radius 3 is 2.71 bits per heavy atom. The van der Waals surface area contributed by atoms with Gasteiger partial charge in [-0.25, -0.2) is 13.1 Å². The summed E-state index contributed by atoms with van der Waals surface area (Å²) in [6.45, 7) is 4.19. The first-order chi connectivity index (χ1) is 7.90. The molecule has 0 saturated carbocycles. The average Bonchev–Trinajstić information content (AvgIpc) is 2.68. The number of nitrogens with one attached hydrogen (secondary N) is 1. The molecule has 5 nitrogen and oxygen atoms in total. The van der Waals surface area contributed by atoms with Gasteiger partial charge in [0.05, 0.1) is 11.0 Å². The van der Waals surface area contributed by atoms with Crippen molar-refractivity contribution in [2.75, 3.05) is 13.7 Å². The molecular formula is C10H18N2O3S2. The maximum Gasteiger partial charge on any atom is 0.241 e. The van der Waals surface area contributed by atoms with Crippen LogP contribution in [0.25, 0.3) is 0 Å². The van der Waals surface area contributed by atoms with Crippen LogP contribution < -0.4 is 10.5 Å². The molecule has 3 N–H and O–H groups in total. The molecule has 1 aromatic rings. The topological polar surface area (TPSA) is 81.4 Å². The quantitative estimate of drug-likeness (QED) is 0.807. The summed E-state index contributed by atoms with van der Waals surface area (Å²) < 4.78 is 31.5. The molecule has 0 saturated heterocycles. The fourth-order valence-corrected chi connectivity index (χ4v) is 3.91. The number of sulfonamides is 1. The highest BCUT2D eigenvalue weighted by atomic mass is 32.2. The maximum absolute atomic E-state index is 12.0. The summed E-state index contributed by atoms with van der Waals surface area (Å²) >= 11 is 1.41. The zero-order valence-corrected chi connectivity index (χ0v) is 11.8. The van der Waals surface area contributed by atoms with E-state index in [4.69, 9.17) is 10.5 Å². The lowest BCUT2D eigenvalue weighted by Crippen LogP contribution is -2.31. The lowest BCUT2D eigenvalue weighted by atomic mass is 10.4. The van der Waals surface area contributed by atoms with Crippen molar-refractivity contribution in [2.24, 2.45) is 5.73 Å². The molecule has 0 aliphatic rings. The number of rotatable bonds is 6. The Hall–Kier alpha value is -0.470. The van der Waals surface area contributed by atoms with Crippen LogP contribution in [0.4, 0.5) is 0 Å². The molecule has 0 aliphatic heterocycles. The highest BCUT2D eigenvalue weighted by Crippen LogP contribution is 2.25. The number of hydrogen-bond donors (Lipinski definition) is 2. The molecule has 0 fully saturated rings. The van der Waals surface area contributed by atoms with Crippen LogP contribution in [-0.4, -0.2) is 28.2 Å². The normalized spacial score (nSPS) is 13.9. The molecule has 98 valence electrons.